The monoisotopic (exact) mass is 470 g/mol. The van der Waals surface area contributed by atoms with Crippen LogP contribution in [0, 0.1) is 0 Å². The lowest BCUT2D eigenvalue weighted by molar-refractivity contribution is 0.218. The van der Waals surface area contributed by atoms with Crippen LogP contribution in [0.5, 0.6) is 17.2 Å². The summed E-state index contributed by atoms with van der Waals surface area (Å²) in [5, 5.41) is 15.1. The number of hydrogen-bond acceptors (Lipinski definition) is 6. The molecule has 1 fully saturated rings. The number of phenolic OH excluding ortho intramolecular Hbond substituents is 1. The molecule has 1 N–H and O–H groups in total. The second-order valence-corrected chi connectivity index (χ2v) is 7.88. The van der Waals surface area contributed by atoms with E-state index in [4.69, 9.17) is 19.6 Å². The molecule has 0 aliphatic carbocycles. The van der Waals surface area contributed by atoms with Crippen molar-refractivity contribution in [3.63, 3.8) is 0 Å². The molecular formula is C25H31ClN4O3. The van der Waals surface area contributed by atoms with E-state index in [0.717, 1.165) is 31.7 Å². The Bertz CT molecular complexity index is 1080. The third-order valence-corrected chi connectivity index (χ3v) is 5.74. The van der Waals surface area contributed by atoms with Crippen molar-refractivity contribution in [1.29, 1.82) is 0 Å². The predicted molar refractivity (Wildman–Crippen MR) is 133 cm³/mol. The molecule has 0 unspecified atom stereocenters. The highest BCUT2D eigenvalue weighted by molar-refractivity contribution is 5.85. The first-order valence-electron chi connectivity index (χ1n) is 11.0. The molecule has 1 saturated heterocycles. The number of hydrogen-bond donors (Lipinski definition) is 1. The summed E-state index contributed by atoms with van der Waals surface area (Å²) in [6.07, 6.45) is 7.64. The maximum Gasteiger partial charge on any atom is 0.174 e. The summed E-state index contributed by atoms with van der Waals surface area (Å²) >= 11 is 0. The number of methoxy groups -OCH3 is 2. The molecule has 3 aromatic rings. The molecule has 0 atom stereocenters. The maximum atomic E-state index is 10.4. The Balaban J connectivity index is 0.00000306. The Morgan fingerprint density at radius 3 is 2.42 bits per heavy atom. The van der Waals surface area contributed by atoms with Gasteiger partial charge in [0.1, 0.15) is 5.75 Å². The number of nitrogens with zero attached hydrogens (tertiary/aromatic N) is 4. The molecule has 1 aromatic heterocycles. The van der Waals surface area contributed by atoms with Crippen LogP contribution in [-0.4, -0.2) is 58.6 Å². The van der Waals surface area contributed by atoms with Crippen LogP contribution in [0.2, 0.25) is 0 Å². The first-order valence-corrected chi connectivity index (χ1v) is 11.0. The molecule has 4 rings (SSSR count). The number of rotatable bonds is 8. The van der Waals surface area contributed by atoms with Crippen LogP contribution in [0.15, 0.2) is 42.5 Å². The number of ether oxygens (including phenoxy) is 2. The van der Waals surface area contributed by atoms with E-state index in [1.54, 1.807) is 20.3 Å². The van der Waals surface area contributed by atoms with E-state index >= 15 is 0 Å². The fourth-order valence-corrected chi connectivity index (χ4v) is 3.99. The first-order chi connectivity index (χ1) is 15.7. The molecule has 0 saturated carbocycles. The smallest absolute Gasteiger partial charge is 0.174 e. The van der Waals surface area contributed by atoms with E-state index in [1.165, 1.54) is 19.3 Å². The summed E-state index contributed by atoms with van der Waals surface area (Å²) in [7, 11) is 3.24. The van der Waals surface area contributed by atoms with Crippen molar-refractivity contribution in [2.45, 2.75) is 25.8 Å². The number of likely N-dealkylation sites (tertiary alicyclic amines) is 1. The Kier molecular flexibility index (Phi) is 8.74. The first kappa shape index (κ1) is 24.6. The third-order valence-electron chi connectivity index (χ3n) is 5.74. The van der Waals surface area contributed by atoms with Gasteiger partial charge in [-0.25, -0.2) is 9.67 Å². The fourth-order valence-electron chi connectivity index (χ4n) is 3.99. The van der Waals surface area contributed by atoms with Crippen LogP contribution >= 0.6 is 12.4 Å². The Labute approximate surface area is 201 Å². The van der Waals surface area contributed by atoms with Crippen molar-refractivity contribution >= 4 is 24.6 Å². The van der Waals surface area contributed by atoms with Gasteiger partial charge in [-0.3, -0.25) is 0 Å². The summed E-state index contributed by atoms with van der Waals surface area (Å²) in [6.45, 7) is 3.91. The molecule has 8 heteroatoms. The zero-order valence-corrected chi connectivity index (χ0v) is 19.9. The topological polar surface area (TPSA) is 72.6 Å². The summed E-state index contributed by atoms with van der Waals surface area (Å²) < 4.78 is 12.6. The van der Waals surface area contributed by atoms with E-state index in [0.29, 0.717) is 28.7 Å². The van der Waals surface area contributed by atoms with Gasteiger partial charge in [-0.1, -0.05) is 30.7 Å². The number of para-hydroxylation sites is 1. The second kappa shape index (κ2) is 11.7. The Morgan fingerprint density at radius 1 is 0.939 bits per heavy atom. The number of benzene rings is 2. The molecule has 176 valence electrons. The molecule has 2 heterocycles. The lowest BCUT2D eigenvalue weighted by atomic mass is 10.1. The van der Waals surface area contributed by atoms with E-state index in [1.807, 2.05) is 53.2 Å². The van der Waals surface area contributed by atoms with Gasteiger partial charge in [-0.15, -0.1) is 12.4 Å². The van der Waals surface area contributed by atoms with Gasteiger partial charge in [-0.2, -0.15) is 5.10 Å². The minimum atomic E-state index is 0. The molecule has 7 nitrogen and oxygen atoms in total. The van der Waals surface area contributed by atoms with Crippen molar-refractivity contribution < 1.29 is 14.6 Å². The Morgan fingerprint density at radius 2 is 1.70 bits per heavy atom. The molecule has 0 bridgehead atoms. The lowest BCUT2D eigenvalue weighted by Gasteiger charge is -2.26. The molecule has 1 aliphatic heterocycles. The number of aromatic nitrogens is 3. The van der Waals surface area contributed by atoms with E-state index in [-0.39, 0.29) is 18.2 Å². The largest absolute Gasteiger partial charge is 0.507 e. The molecular weight excluding hydrogens is 440 g/mol. The SMILES string of the molecule is COc1ccc(C=Cc2nc(-c3ccccc3O)n(CCN3CCCCC3)n2)cc1OC.Cl. The molecule has 33 heavy (non-hydrogen) atoms. The van der Waals surface area contributed by atoms with Gasteiger partial charge < -0.3 is 19.5 Å². The second-order valence-electron chi connectivity index (χ2n) is 7.88. The van der Waals surface area contributed by atoms with Crippen LogP contribution in [0.1, 0.15) is 30.7 Å². The third kappa shape index (κ3) is 6.06. The summed E-state index contributed by atoms with van der Waals surface area (Å²) in [6, 6.07) is 13.0. The average molecular weight is 471 g/mol. The highest BCUT2D eigenvalue weighted by Crippen LogP contribution is 2.29. The van der Waals surface area contributed by atoms with Crippen LogP contribution < -0.4 is 9.47 Å². The van der Waals surface area contributed by atoms with Crippen LogP contribution in [0.25, 0.3) is 23.5 Å². The van der Waals surface area contributed by atoms with Gasteiger partial charge >= 0.3 is 0 Å². The zero-order valence-electron chi connectivity index (χ0n) is 19.1. The number of aromatic hydroxyl groups is 1. The predicted octanol–water partition coefficient (Wildman–Crippen LogP) is 4.75. The average Bonchev–Trinajstić information content (AvgIpc) is 3.25. The van der Waals surface area contributed by atoms with Gasteiger partial charge in [0.25, 0.3) is 0 Å². The van der Waals surface area contributed by atoms with Gasteiger partial charge in [0.15, 0.2) is 23.1 Å². The van der Waals surface area contributed by atoms with Crippen molar-refractivity contribution in [2.24, 2.45) is 0 Å². The number of phenols is 1. The molecule has 2 aromatic carbocycles. The molecule has 0 spiro atoms. The van der Waals surface area contributed by atoms with Crippen molar-refractivity contribution in [2.75, 3.05) is 33.9 Å². The molecule has 0 amide bonds. The minimum Gasteiger partial charge on any atom is -0.507 e. The van der Waals surface area contributed by atoms with Gasteiger partial charge in [0.2, 0.25) is 0 Å². The van der Waals surface area contributed by atoms with E-state index in [9.17, 15) is 5.11 Å². The van der Waals surface area contributed by atoms with Crippen LogP contribution in [0.4, 0.5) is 0 Å². The maximum absolute atomic E-state index is 10.4. The minimum absolute atomic E-state index is 0. The number of halogens is 1. The van der Waals surface area contributed by atoms with E-state index < -0.39 is 0 Å². The van der Waals surface area contributed by atoms with Gasteiger partial charge in [0, 0.05) is 6.54 Å². The summed E-state index contributed by atoms with van der Waals surface area (Å²) in [5.41, 5.74) is 1.64. The van der Waals surface area contributed by atoms with E-state index in [2.05, 4.69) is 4.90 Å². The summed E-state index contributed by atoms with van der Waals surface area (Å²) in [4.78, 5) is 7.20. The van der Waals surface area contributed by atoms with Crippen LogP contribution in [0.3, 0.4) is 0 Å². The fraction of sp³-hybridized carbons (Fsp3) is 0.360. The summed E-state index contributed by atoms with van der Waals surface area (Å²) in [5.74, 6) is 2.83. The van der Waals surface area contributed by atoms with Crippen molar-refractivity contribution in [3.05, 3.63) is 53.9 Å². The normalized spacial score (nSPS) is 14.2. The standard InChI is InChI=1S/C25H30N4O3.ClH/c1-31-22-12-10-19(18-23(22)32-2)11-13-24-26-25(20-8-4-5-9-21(20)30)29(27-24)17-16-28-14-6-3-7-15-28;/h4-5,8-13,18,30H,3,6-7,14-17H2,1-2H3;1H. The molecule has 1 aliphatic rings. The van der Waals surface area contributed by atoms with Crippen molar-refractivity contribution in [3.8, 4) is 28.6 Å². The van der Waals surface area contributed by atoms with Crippen molar-refractivity contribution in [1.82, 2.24) is 19.7 Å². The Hall–Kier alpha value is -3.03. The van der Waals surface area contributed by atoms with Crippen LogP contribution in [-0.2, 0) is 6.54 Å². The quantitative estimate of drug-likeness (QED) is 0.512. The highest BCUT2D eigenvalue weighted by Gasteiger charge is 2.16. The van der Waals surface area contributed by atoms with Gasteiger partial charge in [0.05, 0.1) is 26.3 Å². The highest BCUT2D eigenvalue weighted by atomic mass is 35.5. The number of piperidine rings is 1. The van der Waals surface area contributed by atoms with Gasteiger partial charge in [-0.05, 0) is 61.8 Å². The zero-order chi connectivity index (χ0) is 22.3. The molecule has 0 radical (unpaired) electrons. The lowest BCUT2D eigenvalue weighted by Crippen LogP contribution is -2.32.